The third-order valence-corrected chi connectivity index (χ3v) is 5.06. The molecule has 3 heterocycles. The van der Waals surface area contributed by atoms with Gasteiger partial charge in [-0.05, 0) is 56.6 Å². The first-order chi connectivity index (χ1) is 12.6. The summed E-state index contributed by atoms with van der Waals surface area (Å²) in [5.41, 5.74) is 2.85. The van der Waals surface area contributed by atoms with Crippen LogP contribution in [0.15, 0.2) is 36.5 Å². The standard InChI is InChI=1S/C19H22N6O.2ClH/c1-12-11-20-10-8-15(12)22-19(26)18-13(2)25(24-23-18)17-7-3-6-16-14(17)5-4-9-21-16;;/h3-7,9,12,15,20H,8,10-11H2,1-2H3,(H,22,26);2*1H. The number of piperidine rings is 1. The van der Waals surface area contributed by atoms with E-state index in [1.54, 1.807) is 10.9 Å². The van der Waals surface area contributed by atoms with Crippen molar-refractivity contribution in [3.05, 3.63) is 47.9 Å². The lowest BCUT2D eigenvalue weighted by atomic mass is 9.95. The fourth-order valence-corrected chi connectivity index (χ4v) is 3.50. The molecule has 0 aliphatic carbocycles. The molecule has 2 unspecified atom stereocenters. The molecule has 1 aliphatic rings. The minimum Gasteiger partial charge on any atom is -0.347 e. The van der Waals surface area contributed by atoms with Crippen molar-refractivity contribution in [2.45, 2.75) is 26.3 Å². The summed E-state index contributed by atoms with van der Waals surface area (Å²) in [7, 11) is 0. The molecule has 0 bridgehead atoms. The molecule has 1 aromatic carbocycles. The van der Waals surface area contributed by atoms with Gasteiger partial charge in [0.25, 0.3) is 5.91 Å². The summed E-state index contributed by atoms with van der Waals surface area (Å²) in [6.07, 6.45) is 2.69. The maximum atomic E-state index is 12.7. The second kappa shape index (κ2) is 9.32. The van der Waals surface area contributed by atoms with E-state index in [1.165, 1.54) is 0 Å². The Morgan fingerprint density at radius 1 is 1.25 bits per heavy atom. The third-order valence-electron chi connectivity index (χ3n) is 5.06. The predicted molar refractivity (Wildman–Crippen MR) is 114 cm³/mol. The highest BCUT2D eigenvalue weighted by Gasteiger charge is 2.26. The van der Waals surface area contributed by atoms with Crippen molar-refractivity contribution in [1.82, 2.24) is 30.6 Å². The summed E-state index contributed by atoms with van der Waals surface area (Å²) in [6.45, 7) is 5.85. The molecule has 1 saturated heterocycles. The zero-order valence-electron chi connectivity index (χ0n) is 15.8. The van der Waals surface area contributed by atoms with Crippen molar-refractivity contribution in [3.63, 3.8) is 0 Å². The van der Waals surface area contributed by atoms with Crippen LogP contribution >= 0.6 is 24.8 Å². The van der Waals surface area contributed by atoms with Gasteiger partial charge < -0.3 is 10.6 Å². The molecule has 2 N–H and O–H groups in total. The molecule has 0 spiro atoms. The minimum atomic E-state index is -0.161. The van der Waals surface area contributed by atoms with Crippen molar-refractivity contribution in [3.8, 4) is 5.69 Å². The average molecular weight is 423 g/mol. The quantitative estimate of drug-likeness (QED) is 0.677. The van der Waals surface area contributed by atoms with Gasteiger partial charge in [0.05, 0.1) is 16.9 Å². The average Bonchev–Trinajstić information content (AvgIpc) is 3.04. The molecule has 2 aromatic heterocycles. The van der Waals surface area contributed by atoms with Crippen LogP contribution in [0.1, 0.15) is 29.5 Å². The maximum absolute atomic E-state index is 12.7. The Kier molecular flexibility index (Phi) is 7.35. The number of nitrogens with one attached hydrogen (secondary N) is 2. The summed E-state index contributed by atoms with van der Waals surface area (Å²) in [5.74, 6) is 0.234. The van der Waals surface area contributed by atoms with Gasteiger partial charge in [0.1, 0.15) is 0 Å². The molecule has 0 radical (unpaired) electrons. The summed E-state index contributed by atoms with van der Waals surface area (Å²) >= 11 is 0. The van der Waals surface area contributed by atoms with E-state index in [0.29, 0.717) is 11.6 Å². The molecule has 150 valence electrons. The lowest BCUT2D eigenvalue weighted by Gasteiger charge is -2.29. The first kappa shape index (κ1) is 22.1. The number of amides is 1. The van der Waals surface area contributed by atoms with Gasteiger partial charge in [-0.2, -0.15) is 0 Å². The first-order valence-electron chi connectivity index (χ1n) is 8.93. The van der Waals surface area contributed by atoms with Gasteiger partial charge in [-0.15, -0.1) is 29.9 Å². The van der Waals surface area contributed by atoms with Crippen LogP contribution in [0.2, 0.25) is 0 Å². The van der Waals surface area contributed by atoms with E-state index in [0.717, 1.165) is 41.8 Å². The molecular formula is C19H24Cl2N6O. The molecule has 2 atom stereocenters. The second-order valence-corrected chi connectivity index (χ2v) is 6.83. The number of hydrogen-bond donors (Lipinski definition) is 2. The summed E-state index contributed by atoms with van der Waals surface area (Å²) in [5, 5.41) is 15.8. The van der Waals surface area contributed by atoms with Crippen LogP contribution in [0.5, 0.6) is 0 Å². The molecule has 28 heavy (non-hydrogen) atoms. The lowest BCUT2D eigenvalue weighted by molar-refractivity contribution is 0.0908. The Labute approximate surface area is 176 Å². The van der Waals surface area contributed by atoms with E-state index < -0.39 is 0 Å². The molecular weight excluding hydrogens is 399 g/mol. The van der Waals surface area contributed by atoms with E-state index in [9.17, 15) is 4.79 Å². The molecule has 4 rings (SSSR count). The van der Waals surface area contributed by atoms with Crippen LogP contribution in [0.3, 0.4) is 0 Å². The number of hydrogen-bond acceptors (Lipinski definition) is 5. The molecule has 1 aliphatic heterocycles. The zero-order valence-corrected chi connectivity index (χ0v) is 17.4. The largest absolute Gasteiger partial charge is 0.347 e. The summed E-state index contributed by atoms with van der Waals surface area (Å²) in [4.78, 5) is 17.1. The highest BCUT2D eigenvalue weighted by Crippen LogP contribution is 2.22. The van der Waals surface area contributed by atoms with Crippen LogP contribution in [0, 0.1) is 12.8 Å². The fourth-order valence-electron chi connectivity index (χ4n) is 3.50. The molecule has 9 heteroatoms. The second-order valence-electron chi connectivity index (χ2n) is 6.83. The number of carbonyl (C=O) groups is 1. The first-order valence-corrected chi connectivity index (χ1v) is 8.93. The van der Waals surface area contributed by atoms with Crippen LogP contribution in [0.25, 0.3) is 16.6 Å². The summed E-state index contributed by atoms with van der Waals surface area (Å²) < 4.78 is 1.71. The number of pyridine rings is 1. The van der Waals surface area contributed by atoms with E-state index >= 15 is 0 Å². The van der Waals surface area contributed by atoms with Gasteiger partial charge in [-0.25, -0.2) is 4.68 Å². The molecule has 1 fully saturated rings. The SMILES string of the molecule is Cc1c(C(=O)NC2CCNCC2C)nnn1-c1cccc2ncccc12.Cl.Cl. The topological polar surface area (TPSA) is 84.7 Å². The summed E-state index contributed by atoms with van der Waals surface area (Å²) in [6, 6.07) is 9.90. The smallest absolute Gasteiger partial charge is 0.273 e. The van der Waals surface area contributed by atoms with Crippen molar-refractivity contribution in [1.29, 1.82) is 0 Å². The van der Waals surface area contributed by atoms with Gasteiger partial charge in [0.2, 0.25) is 0 Å². The third kappa shape index (κ3) is 4.11. The molecule has 3 aromatic rings. The normalized spacial score (nSPS) is 18.8. The lowest BCUT2D eigenvalue weighted by Crippen LogP contribution is -2.48. The number of fused-ring (bicyclic) bond motifs is 1. The van der Waals surface area contributed by atoms with Crippen LogP contribution in [-0.4, -0.2) is 45.0 Å². The highest BCUT2D eigenvalue weighted by molar-refractivity contribution is 5.94. The van der Waals surface area contributed by atoms with E-state index in [1.807, 2.05) is 37.3 Å². The number of benzene rings is 1. The fraction of sp³-hybridized carbons (Fsp3) is 0.368. The number of carbonyl (C=O) groups excluding carboxylic acids is 1. The van der Waals surface area contributed by atoms with Crippen molar-refractivity contribution >= 4 is 41.6 Å². The van der Waals surface area contributed by atoms with Crippen molar-refractivity contribution in [2.24, 2.45) is 5.92 Å². The number of aromatic nitrogens is 4. The van der Waals surface area contributed by atoms with E-state index in [4.69, 9.17) is 0 Å². The van der Waals surface area contributed by atoms with Gasteiger partial charge in [0, 0.05) is 17.6 Å². The van der Waals surface area contributed by atoms with E-state index in [-0.39, 0.29) is 36.8 Å². The maximum Gasteiger partial charge on any atom is 0.273 e. The molecule has 1 amide bonds. The Balaban J connectivity index is 0.00000140. The molecule has 0 saturated carbocycles. The Bertz CT molecular complexity index is 955. The number of halogens is 2. The predicted octanol–water partition coefficient (Wildman–Crippen LogP) is 2.70. The van der Waals surface area contributed by atoms with Gasteiger partial charge in [-0.1, -0.05) is 18.2 Å². The van der Waals surface area contributed by atoms with Gasteiger partial charge in [-0.3, -0.25) is 9.78 Å². The Morgan fingerprint density at radius 2 is 2.07 bits per heavy atom. The molecule has 7 nitrogen and oxygen atoms in total. The minimum absolute atomic E-state index is 0. The van der Waals surface area contributed by atoms with Crippen LogP contribution < -0.4 is 10.6 Å². The van der Waals surface area contributed by atoms with Crippen LogP contribution in [0.4, 0.5) is 0 Å². The monoisotopic (exact) mass is 422 g/mol. The van der Waals surface area contributed by atoms with Crippen molar-refractivity contribution < 1.29 is 4.79 Å². The van der Waals surface area contributed by atoms with Gasteiger partial charge in [0.15, 0.2) is 5.69 Å². The number of rotatable bonds is 3. The van der Waals surface area contributed by atoms with Gasteiger partial charge >= 0.3 is 0 Å². The Hall–Kier alpha value is -2.22. The van der Waals surface area contributed by atoms with Crippen LogP contribution in [-0.2, 0) is 0 Å². The highest BCUT2D eigenvalue weighted by atomic mass is 35.5. The number of nitrogens with zero attached hydrogens (tertiary/aromatic N) is 4. The zero-order chi connectivity index (χ0) is 18.1. The van der Waals surface area contributed by atoms with Crippen molar-refractivity contribution in [2.75, 3.05) is 13.1 Å². The Morgan fingerprint density at radius 3 is 2.86 bits per heavy atom. The van der Waals surface area contributed by atoms with E-state index in [2.05, 4.69) is 32.9 Å².